The molecule has 2 fully saturated rings. The predicted molar refractivity (Wildman–Crippen MR) is 81.7 cm³/mol. The number of carbonyl (C=O) groups excluding carboxylic acids is 1. The minimum absolute atomic E-state index is 0.0183. The van der Waals surface area contributed by atoms with Crippen LogP contribution >= 0.6 is 11.8 Å². The molecule has 2 heterocycles. The lowest BCUT2D eigenvalue weighted by atomic mass is 9.81. The molecular formula is C16H21NO2S. The van der Waals surface area contributed by atoms with Crippen molar-refractivity contribution < 1.29 is 9.53 Å². The number of methoxy groups -OCH3 is 1. The number of hydrogen-bond donors (Lipinski definition) is 0. The van der Waals surface area contributed by atoms with Gasteiger partial charge in [0, 0.05) is 24.9 Å². The number of thioether (sulfide) groups is 1. The number of hydrogen-bond acceptors (Lipinski definition) is 4. The SMILES string of the molecule is COC(=O)[C@@]12CSC[C@@H]1CN([C@@H](C)c1ccccc1)C2. The van der Waals surface area contributed by atoms with E-state index >= 15 is 0 Å². The minimum Gasteiger partial charge on any atom is -0.469 e. The van der Waals surface area contributed by atoms with Gasteiger partial charge in [0.25, 0.3) is 0 Å². The van der Waals surface area contributed by atoms with Gasteiger partial charge >= 0.3 is 5.97 Å². The van der Waals surface area contributed by atoms with E-state index in [4.69, 9.17) is 4.74 Å². The van der Waals surface area contributed by atoms with Crippen LogP contribution in [0.5, 0.6) is 0 Å². The van der Waals surface area contributed by atoms with Crippen molar-refractivity contribution >= 4 is 17.7 Å². The van der Waals surface area contributed by atoms with Crippen molar-refractivity contribution in [3.8, 4) is 0 Å². The summed E-state index contributed by atoms with van der Waals surface area (Å²) in [6.45, 7) is 4.06. The van der Waals surface area contributed by atoms with Gasteiger partial charge in [-0.2, -0.15) is 11.8 Å². The largest absolute Gasteiger partial charge is 0.469 e. The third-order valence-electron chi connectivity index (χ3n) is 4.82. The highest BCUT2D eigenvalue weighted by Gasteiger charge is 2.56. The molecule has 3 atom stereocenters. The molecule has 0 N–H and O–H groups in total. The fraction of sp³-hybridized carbons (Fsp3) is 0.562. The molecule has 3 nitrogen and oxygen atoms in total. The third-order valence-corrected chi connectivity index (χ3v) is 6.18. The van der Waals surface area contributed by atoms with Gasteiger partial charge in [-0.05, 0) is 24.2 Å². The monoisotopic (exact) mass is 291 g/mol. The number of esters is 1. The van der Waals surface area contributed by atoms with E-state index in [2.05, 4.69) is 36.1 Å². The fourth-order valence-electron chi connectivity index (χ4n) is 3.50. The summed E-state index contributed by atoms with van der Waals surface area (Å²) in [6.07, 6.45) is 0. The number of benzene rings is 1. The molecule has 0 saturated carbocycles. The van der Waals surface area contributed by atoms with Crippen LogP contribution in [0.4, 0.5) is 0 Å². The van der Waals surface area contributed by atoms with Crippen LogP contribution in [-0.2, 0) is 9.53 Å². The number of rotatable bonds is 3. The van der Waals surface area contributed by atoms with Crippen LogP contribution in [0.1, 0.15) is 18.5 Å². The van der Waals surface area contributed by atoms with Crippen molar-refractivity contribution in [1.29, 1.82) is 0 Å². The van der Waals surface area contributed by atoms with Gasteiger partial charge in [0.1, 0.15) is 0 Å². The number of fused-ring (bicyclic) bond motifs is 1. The number of carbonyl (C=O) groups is 1. The van der Waals surface area contributed by atoms with E-state index in [1.165, 1.54) is 12.7 Å². The second kappa shape index (κ2) is 5.41. The molecule has 4 heteroatoms. The Morgan fingerprint density at radius 3 is 2.90 bits per heavy atom. The van der Waals surface area contributed by atoms with Gasteiger partial charge < -0.3 is 4.74 Å². The summed E-state index contributed by atoms with van der Waals surface area (Å²) in [4.78, 5) is 14.7. The van der Waals surface area contributed by atoms with Gasteiger partial charge in [0.15, 0.2) is 0 Å². The second-order valence-electron chi connectivity index (χ2n) is 5.88. The summed E-state index contributed by atoms with van der Waals surface area (Å²) in [5.74, 6) is 2.40. The van der Waals surface area contributed by atoms with Crippen molar-refractivity contribution in [2.75, 3.05) is 31.7 Å². The molecule has 20 heavy (non-hydrogen) atoms. The number of likely N-dealkylation sites (tertiary alicyclic amines) is 1. The Hall–Kier alpha value is -1.00. The van der Waals surface area contributed by atoms with Crippen molar-refractivity contribution in [2.45, 2.75) is 13.0 Å². The molecule has 0 amide bonds. The van der Waals surface area contributed by atoms with Crippen molar-refractivity contribution in [3.05, 3.63) is 35.9 Å². The Morgan fingerprint density at radius 2 is 2.20 bits per heavy atom. The van der Waals surface area contributed by atoms with Crippen LogP contribution in [0.25, 0.3) is 0 Å². The van der Waals surface area contributed by atoms with Crippen LogP contribution in [0.15, 0.2) is 30.3 Å². The van der Waals surface area contributed by atoms with Gasteiger partial charge in [0.2, 0.25) is 0 Å². The molecule has 2 aliphatic heterocycles. The van der Waals surface area contributed by atoms with Crippen molar-refractivity contribution in [3.63, 3.8) is 0 Å². The zero-order valence-electron chi connectivity index (χ0n) is 12.0. The third kappa shape index (κ3) is 2.15. The van der Waals surface area contributed by atoms with Crippen LogP contribution in [0, 0.1) is 11.3 Å². The minimum atomic E-state index is -0.275. The standard InChI is InChI=1S/C16H21NO2S/c1-12(13-6-4-3-5-7-13)17-8-14-9-20-11-16(14,10-17)15(18)19-2/h3-7,12,14H,8-11H2,1-2H3/t12-,14-,16-/m0/s1. The summed E-state index contributed by atoms with van der Waals surface area (Å²) in [5, 5.41) is 0. The molecule has 0 spiro atoms. The van der Waals surface area contributed by atoms with E-state index in [-0.39, 0.29) is 11.4 Å². The normalized spacial score (nSPS) is 31.0. The molecule has 0 unspecified atom stereocenters. The Balaban J connectivity index is 1.80. The lowest BCUT2D eigenvalue weighted by Crippen LogP contribution is -2.39. The summed E-state index contributed by atoms with van der Waals surface area (Å²) < 4.78 is 5.09. The molecule has 2 saturated heterocycles. The summed E-state index contributed by atoms with van der Waals surface area (Å²) >= 11 is 1.89. The van der Waals surface area contributed by atoms with Crippen LogP contribution in [0.3, 0.4) is 0 Å². The molecule has 0 aromatic heterocycles. The number of nitrogens with zero attached hydrogens (tertiary/aromatic N) is 1. The molecule has 0 radical (unpaired) electrons. The maximum atomic E-state index is 12.3. The second-order valence-corrected chi connectivity index (χ2v) is 6.91. The van der Waals surface area contributed by atoms with Crippen LogP contribution in [-0.4, -0.2) is 42.6 Å². The first-order chi connectivity index (χ1) is 9.67. The predicted octanol–water partition coefficient (Wildman–Crippen LogP) is 2.59. The molecular weight excluding hydrogens is 270 g/mol. The average molecular weight is 291 g/mol. The maximum absolute atomic E-state index is 12.3. The first-order valence-electron chi connectivity index (χ1n) is 7.12. The van der Waals surface area contributed by atoms with Crippen molar-refractivity contribution in [1.82, 2.24) is 4.90 Å². The van der Waals surface area contributed by atoms with Crippen LogP contribution < -0.4 is 0 Å². The molecule has 0 aliphatic carbocycles. The molecule has 1 aromatic carbocycles. The van der Waals surface area contributed by atoms with Gasteiger partial charge in [-0.25, -0.2) is 0 Å². The van der Waals surface area contributed by atoms with Crippen molar-refractivity contribution in [2.24, 2.45) is 11.3 Å². The fourth-order valence-corrected chi connectivity index (χ4v) is 5.14. The summed E-state index contributed by atoms with van der Waals surface area (Å²) in [7, 11) is 1.51. The van der Waals surface area contributed by atoms with E-state index in [1.54, 1.807) is 0 Å². The molecule has 1 aromatic rings. The Bertz CT molecular complexity index is 493. The first-order valence-corrected chi connectivity index (χ1v) is 8.28. The van der Waals surface area contributed by atoms with Crippen LogP contribution in [0.2, 0.25) is 0 Å². The van der Waals surface area contributed by atoms with E-state index < -0.39 is 0 Å². The Morgan fingerprint density at radius 1 is 1.45 bits per heavy atom. The first kappa shape index (κ1) is 14.0. The zero-order chi connectivity index (χ0) is 14.2. The lowest BCUT2D eigenvalue weighted by molar-refractivity contribution is -0.152. The van der Waals surface area contributed by atoms with E-state index in [0.29, 0.717) is 12.0 Å². The molecule has 2 aliphatic rings. The highest BCUT2D eigenvalue weighted by atomic mass is 32.2. The Kier molecular flexibility index (Phi) is 3.78. The maximum Gasteiger partial charge on any atom is 0.314 e. The van der Waals surface area contributed by atoms with E-state index in [9.17, 15) is 4.79 Å². The van der Waals surface area contributed by atoms with Gasteiger partial charge in [-0.1, -0.05) is 30.3 Å². The zero-order valence-corrected chi connectivity index (χ0v) is 12.9. The summed E-state index contributed by atoms with van der Waals surface area (Å²) in [5.41, 5.74) is 1.04. The average Bonchev–Trinajstić information content (AvgIpc) is 3.04. The smallest absolute Gasteiger partial charge is 0.314 e. The van der Waals surface area contributed by atoms with Gasteiger partial charge in [-0.15, -0.1) is 0 Å². The van der Waals surface area contributed by atoms with Gasteiger partial charge in [0.05, 0.1) is 12.5 Å². The molecule has 0 bridgehead atoms. The lowest BCUT2D eigenvalue weighted by Gasteiger charge is -2.28. The highest BCUT2D eigenvalue weighted by Crippen LogP contribution is 2.49. The molecule has 108 valence electrons. The Labute approximate surface area is 124 Å². The van der Waals surface area contributed by atoms with Gasteiger partial charge in [-0.3, -0.25) is 9.69 Å². The van der Waals surface area contributed by atoms with E-state index in [1.807, 2.05) is 17.8 Å². The highest BCUT2D eigenvalue weighted by molar-refractivity contribution is 7.99. The van der Waals surface area contributed by atoms with E-state index in [0.717, 1.165) is 24.6 Å². The molecule has 3 rings (SSSR count). The quantitative estimate of drug-likeness (QED) is 0.801. The topological polar surface area (TPSA) is 29.5 Å². The number of ether oxygens (including phenoxy) is 1. The summed E-state index contributed by atoms with van der Waals surface area (Å²) in [6, 6.07) is 10.9.